The van der Waals surface area contributed by atoms with Crippen LogP contribution in [0.15, 0.2) is 57.5 Å². The Balaban J connectivity index is 1.35. The van der Waals surface area contributed by atoms with Crippen molar-refractivity contribution < 1.29 is 9.43 Å². The van der Waals surface area contributed by atoms with Crippen LogP contribution in [0.25, 0.3) is 5.70 Å². The van der Waals surface area contributed by atoms with Gasteiger partial charge in [-0.1, -0.05) is 16.8 Å². The van der Waals surface area contributed by atoms with E-state index in [1.165, 1.54) is 11.3 Å². The molecule has 0 bridgehead atoms. The van der Waals surface area contributed by atoms with Crippen molar-refractivity contribution >= 4 is 23.4 Å². The number of anilines is 1. The van der Waals surface area contributed by atoms with Crippen LogP contribution in [0.5, 0.6) is 0 Å². The minimum atomic E-state index is -0.184. The molecule has 1 unspecified atom stereocenters. The molecule has 0 N–H and O–H groups in total. The molecule has 4 heterocycles. The fraction of sp³-hybridized carbons (Fsp3) is 0.381. The van der Waals surface area contributed by atoms with Crippen LogP contribution in [0.1, 0.15) is 18.1 Å². The summed E-state index contributed by atoms with van der Waals surface area (Å²) in [4.78, 5) is 11.7. The smallest absolute Gasteiger partial charge is 0.315 e. The highest BCUT2D eigenvalue weighted by Crippen LogP contribution is 2.28. The first kappa shape index (κ1) is 17.9. The van der Waals surface area contributed by atoms with E-state index in [9.17, 15) is 0 Å². The molecule has 8 nitrogen and oxygen atoms in total. The van der Waals surface area contributed by atoms with Crippen LogP contribution in [0.3, 0.4) is 0 Å². The lowest BCUT2D eigenvalue weighted by molar-refractivity contribution is -0.511. The van der Waals surface area contributed by atoms with Crippen molar-refractivity contribution in [2.24, 2.45) is 22.1 Å². The van der Waals surface area contributed by atoms with E-state index in [0.29, 0.717) is 6.42 Å². The largest absolute Gasteiger partial charge is 0.378 e. The molecular formula is C21H24N7O+. The van der Waals surface area contributed by atoms with Crippen molar-refractivity contribution in [3.63, 3.8) is 0 Å². The second kappa shape index (κ2) is 7.36. The number of rotatable bonds is 4. The molecule has 0 spiro atoms. The minimum absolute atomic E-state index is 0.184. The van der Waals surface area contributed by atoms with Gasteiger partial charge in [-0.15, -0.1) is 0 Å². The van der Waals surface area contributed by atoms with Gasteiger partial charge in [-0.05, 0) is 24.6 Å². The van der Waals surface area contributed by atoms with E-state index < -0.39 is 0 Å². The number of hydrogen-bond donors (Lipinski definition) is 0. The maximum atomic E-state index is 5.44. The summed E-state index contributed by atoms with van der Waals surface area (Å²) in [6, 6.07) is 8.68. The fourth-order valence-electron chi connectivity index (χ4n) is 3.90. The van der Waals surface area contributed by atoms with Gasteiger partial charge in [0, 0.05) is 43.6 Å². The second-order valence-electron chi connectivity index (χ2n) is 7.46. The third kappa shape index (κ3) is 3.51. The summed E-state index contributed by atoms with van der Waals surface area (Å²) in [6.45, 7) is 5.47. The predicted molar refractivity (Wildman–Crippen MR) is 111 cm³/mol. The number of azo groups is 2. The molecule has 1 fully saturated rings. The van der Waals surface area contributed by atoms with Gasteiger partial charge in [-0.3, -0.25) is 4.68 Å². The number of aryl methyl sites for hydroxylation is 1. The Morgan fingerprint density at radius 1 is 1.17 bits per heavy atom. The molecule has 0 aliphatic carbocycles. The number of fused-ring (bicyclic) bond motifs is 1. The average Bonchev–Trinajstić information content (AvgIpc) is 3.35. The van der Waals surface area contributed by atoms with Crippen molar-refractivity contribution in [3.8, 4) is 0 Å². The van der Waals surface area contributed by atoms with Crippen LogP contribution in [0.4, 0.5) is 5.69 Å². The van der Waals surface area contributed by atoms with E-state index >= 15 is 0 Å². The molecule has 0 saturated carbocycles. The number of hydrogen-bond acceptors (Lipinski definition) is 6. The first-order valence-electron chi connectivity index (χ1n) is 9.91. The van der Waals surface area contributed by atoms with Crippen molar-refractivity contribution in [1.82, 2.24) is 9.78 Å². The van der Waals surface area contributed by atoms with E-state index in [2.05, 4.69) is 39.3 Å². The number of ether oxygens (including phenoxy) is 1. The van der Waals surface area contributed by atoms with Crippen LogP contribution in [0.2, 0.25) is 0 Å². The third-order valence-electron chi connectivity index (χ3n) is 5.38. The fourth-order valence-corrected chi connectivity index (χ4v) is 3.90. The van der Waals surface area contributed by atoms with Crippen molar-refractivity contribution in [2.45, 2.75) is 19.5 Å². The number of nitrogens with zero attached hydrogens (tertiary/aromatic N) is 7. The monoisotopic (exact) mass is 390 g/mol. The molecule has 148 valence electrons. The first-order chi connectivity index (χ1) is 14.2. The maximum Gasteiger partial charge on any atom is 0.315 e. The van der Waals surface area contributed by atoms with Crippen molar-refractivity contribution in [1.29, 1.82) is 0 Å². The van der Waals surface area contributed by atoms with Gasteiger partial charge >= 0.3 is 6.17 Å². The van der Waals surface area contributed by atoms with Gasteiger partial charge in [0.05, 0.1) is 31.2 Å². The molecule has 0 amide bonds. The number of allylic oxidation sites excluding steroid dienone is 1. The Morgan fingerprint density at radius 2 is 1.97 bits per heavy atom. The highest BCUT2D eigenvalue weighted by atomic mass is 16.5. The van der Waals surface area contributed by atoms with Gasteiger partial charge in [0.1, 0.15) is 5.70 Å². The lowest BCUT2D eigenvalue weighted by Gasteiger charge is -2.28. The van der Waals surface area contributed by atoms with Crippen LogP contribution in [-0.2, 0) is 18.2 Å². The van der Waals surface area contributed by atoms with Crippen LogP contribution >= 0.6 is 0 Å². The Morgan fingerprint density at radius 3 is 2.69 bits per heavy atom. The number of benzene rings is 1. The van der Waals surface area contributed by atoms with Gasteiger partial charge in [0.15, 0.2) is 0 Å². The minimum Gasteiger partial charge on any atom is -0.378 e. The number of aliphatic imine (C=N–C) groups is 2. The molecule has 1 saturated heterocycles. The Kier molecular flexibility index (Phi) is 4.55. The summed E-state index contributed by atoms with van der Waals surface area (Å²) in [5.41, 5.74) is 5.33. The molecule has 1 aromatic carbocycles. The molecule has 8 heteroatoms. The van der Waals surface area contributed by atoms with E-state index in [-0.39, 0.29) is 6.17 Å². The standard InChI is InChI=1S/C21H24N7O/c1-15-21(17-12-23-26(2)14-17)28-20(13-22-15)24-19(25-28)11-16-3-5-18(6-4-16)27-7-9-29-10-8-27/h3-6,12-14,20H,7-11H2,1-2H3/q+1. The Bertz CT molecular complexity index is 1040. The molecule has 0 radical (unpaired) electrons. The quantitative estimate of drug-likeness (QED) is 0.753. The third-order valence-corrected chi connectivity index (χ3v) is 5.38. The zero-order valence-corrected chi connectivity index (χ0v) is 16.7. The Hall–Kier alpha value is -3.13. The number of aromatic nitrogens is 2. The molecular weight excluding hydrogens is 366 g/mol. The topological polar surface area (TPSA) is 70.4 Å². The molecule has 3 aliphatic rings. The maximum absolute atomic E-state index is 5.44. The summed E-state index contributed by atoms with van der Waals surface area (Å²) < 4.78 is 9.18. The lowest BCUT2D eigenvalue weighted by atomic mass is 10.1. The van der Waals surface area contributed by atoms with Crippen molar-refractivity contribution in [3.05, 3.63) is 53.5 Å². The normalized spacial score (nSPS) is 21.3. The number of morpholine rings is 1. The Labute approximate surface area is 169 Å². The molecule has 3 aliphatic heterocycles. The van der Waals surface area contributed by atoms with Gasteiger partial charge in [-0.2, -0.15) is 10.1 Å². The van der Waals surface area contributed by atoms with Gasteiger partial charge < -0.3 is 9.64 Å². The molecule has 1 aromatic heterocycles. The highest BCUT2D eigenvalue weighted by molar-refractivity contribution is 5.88. The zero-order valence-electron chi connectivity index (χ0n) is 16.7. The summed E-state index contributed by atoms with van der Waals surface area (Å²) >= 11 is 0. The van der Waals surface area contributed by atoms with E-state index in [1.54, 1.807) is 4.68 Å². The average molecular weight is 390 g/mol. The highest BCUT2D eigenvalue weighted by Gasteiger charge is 2.38. The molecule has 2 aromatic rings. The van der Waals surface area contributed by atoms with E-state index in [4.69, 9.17) is 14.8 Å². The second-order valence-corrected chi connectivity index (χ2v) is 7.46. The van der Waals surface area contributed by atoms with Crippen LogP contribution in [-0.4, -0.2) is 59.0 Å². The molecule has 29 heavy (non-hydrogen) atoms. The SMILES string of the molecule is CC1=C(c2cnn(C)c2)[N+]2=NC(Cc3ccc(N4CCOCC4)cc3)=NC2C=N1. The van der Waals surface area contributed by atoms with Gasteiger partial charge in [0.25, 0.3) is 5.70 Å². The summed E-state index contributed by atoms with van der Waals surface area (Å²) in [7, 11) is 1.91. The van der Waals surface area contributed by atoms with Gasteiger partial charge in [-0.25, -0.2) is 4.99 Å². The van der Waals surface area contributed by atoms with E-state index in [0.717, 1.165) is 49.1 Å². The summed E-state index contributed by atoms with van der Waals surface area (Å²) in [5.74, 6) is 0.816. The molecule has 1 atom stereocenters. The predicted octanol–water partition coefficient (Wildman–Crippen LogP) is 2.48. The summed E-state index contributed by atoms with van der Waals surface area (Å²) in [5, 5.41) is 9.09. The van der Waals surface area contributed by atoms with Crippen molar-refractivity contribution in [2.75, 3.05) is 31.2 Å². The number of amidine groups is 1. The van der Waals surface area contributed by atoms with Crippen LogP contribution < -0.4 is 4.90 Å². The van der Waals surface area contributed by atoms with Gasteiger partial charge in [0.2, 0.25) is 5.84 Å². The van der Waals surface area contributed by atoms with E-state index in [1.807, 2.05) is 37.3 Å². The lowest BCUT2D eigenvalue weighted by Crippen LogP contribution is -2.36. The summed E-state index contributed by atoms with van der Waals surface area (Å²) in [6.07, 6.45) is 6.19. The molecule has 5 rings (SSSR count). The van der Waals surface area contributed by atoms with Crippen LogP contribution in [0, 0.1) is 0 Å². The zero-order chi connectivity index (χ0) is 19.8. The first-order valence-corrected chi connectivity index (χ1v) is 9.91.